The summed E-state index contributed by atoms with van der Waals surface area (Å²) in [6.45, 7) is 9.23. The molecule has 3 aromatic heterocycles. The molecule has 14 nitrogen and oxygen atoms in total. The van der Waals surface area contributed by atoms with Crippen molar-refractivity contribution in [1.29, 1.82) is 0 Å². The monoisotopic (exact) mass is 875 g/mol. The van der Waals surface area contributed by atoms with Gasteiger partial charge in [0.1, 0.15) is 17.1 Å². The number of amides is 1. The number of hydrogen-bond acceptors (Lipinski definition) is 10. The smallest absolute Gasteiger partial charge is 0.381 e. The Morgan fingerprint density at radius 3 is 2.35 bits per heavy atom. The first-order valence-electron chi connectivity index (χ1n) is 21.9. The van der Waals surface area contributed by atoms with Crippen LogP contribution in [0.4, 0.5) is 10.3 Å². The predicted molar refractivity (Wildman–Crippen MR) is 234 cm³/mol. The van der Waals surface area contributed by atoms with Crippen molar-refractivity contribution >= 4 is 32.6 Å². The van der Waals surface area contributed by atoms with Gasteiger partial charge in [0.15, 0.2) is 15.7 Å². The van der Waals surface area contributed by atoms with E-state index in [1.165, 1.54) is 10.1 Å². The Morgan fingerprint density at radius 1 is 0.984 bits per heavy atom. The van der Waals surface area contributed by atoms with E-state index < -0.39 is 27.2 Å². The molecule has 2 saturated carbocycles. The standard InChI is InChI=1S/C47H50FN7O7S/c1-26-21-34(22-27(2)40(26)48)54-42(56)37-14-18-53(29(4)41(37)50-45(54)49-17-13-30-5-8-35(9-6-30)63(59,60)36-10-11-36)43(57)39-24-33-23-32(31-15-19-61-20-16-31)7-12-38(33)55(39)47(25-28(47)3)44-51-46(58)62-52-44/h5-9,12,21-24,28-29,31,36H,10-11,13-20,25H2,1-4H3,(H,49,50)(H,51,52,58)/t28-,29-,47-/m0/s1. The number of nitrogens with zero attached hydrogens (tertiary/aromatic N) is 5. The summed E-state index contributed by atoms with van der Waals surface area (Å²) in [5, 5.41) is 8.11. The number of fused-ring (bicyclic) bond motifs is 2. The Bertz CT molecular complexity index is 3010. The largest absolute Gasteiger partial charge is 0.438 e. The molecule has 63 heavy (non-hydrogen) atoms. The van der Waals surface area contributed by atoms with Crippen LogP contribution in [0.25, 0.3) is 16.6 Å². The van der Waals surface area contributed by atoms with Gasteiger partial charge < -0.3 is 19.5 Å². The molecule has 0 radical (unpaired) electrons. The third kappa shape index (κ3) is 7.01. The number of carbonyl (C=O) groups is 1. The van der Waals surface area contributed by atoms with Gasteiger partial charge in [-0.05, 0) is 142 Å². The maximum absolute atomic E-state index is 15.2. The topological polar surface area (TPSA) is 174 Å². The van der Waals surface area contributed by atoms with Crippen LogP contribution in [-0.4, -0.2) is 75.0 Å². The highest BCUT2D eigenvalue weighted by Crippen LogP contribution is 2.56. The summed E-state index contributed by atoms with van der Waals surface area (Å²) >= 11 is 0. The van der Waals surface area contributed by atoms with E-state index in [2.05, 4.69) is 40.6 Å². The molecule has 5 heterocycles. The number of sulfone groups is 1. The highest BCUT2D eigenvalue weighted by atomic mass is 32.2. The number of anilines is 1. The lowest BCUT2D eigenvalue weighted by Crippen LogP contribution is -2.44. The maximum atomic E-state index is 15.2. The van der Waals surface area contributed by atoms with Crippen LogP contribution in [-0.2, 0) is 33.0 Å². The van der Waals surface area contributed by atoms with Crippen LogP contribution in [0.15, 0.2) is 79.7 Å². The molecule has 0 unspecified atom stereocenters. The minimum Gasteiger partial charge on any atom is -0.381 e. The first kappa shape index (κ1) is 41.2. The molecule has 2 aliphatic carbocycles. The number of aryl methyl sites for hydroxylation is 2. The van der Waals surface area contributed by atoms with Crippen LogP contribution < -0.4 is 16.6 Å². The Kier molecular flexibility index (Phi) is 10.1. The molecule has 16 heteroatoms. The fraction of sp³-hybridized carbons (Fsp3) is 0.426. The van der Waals surface area contributed by atoms with Crippen LogP contribution in [0, 0.1) is 25.6 Å². The van der Waals surface area contributed by atoms with Crippen molar-refractivity contribution in [2.75, 3.05) is 31.6 Å². The van der Waals surface area contributed by atoms with Gasteiger partial charge in [-0.25, -0.2) is 27.2 Å². The molecule has 0 spiro atoms. The third-order valence-corrected chi connectivity index (χ3v) is 16.1. The number of hydrogen-bond donors (Lipinski definition) is 2. The molecule has 2 aliphatic heterocycles. The normalized spacial score (nSPS) is 21.4. The quantitative estimate of drug-likeness (QED) is 0.144. The molecule has 2 N–H and O–H groups in total. The summed E-state index contributed by atoms with van der Waals surface area (Å²) in [5.74, 6) is -0.303. The van der Waals surface area contributed by atoms with Crippen molar-refractivity contribution in [3.63, 3.8) is 0 Å². The predicted octanol–water partition coefficient (Wildman–Crippen LogP) is 6.65. The fourth-order valence-electron chi connectivity index (χ4n) is 9.97. The Labute approximate surface area is 363 Å². The second-order valence-electron chi connectivity index (χ2n) is 17.9. The fourth-order valence-corrected chi connectivity index (χ4v) is 11.6. The van der Waals surface area contributed by atoms with Gasteiger partial charge in [-0.15, -0.1) is 0 Å². The third-order valence-electron chi connectivity index (χ3n) is 13.8. The number of nitrogens with one attached hydrogen (secondary N) is 2. The summed E-state index contributed by atoms with van der Waals surface area (Å²) < 4.78 is 54.7. The Hall–Kier alpha value is -5.87. The van der Waals surface area contributed by atoms with Gasteiger partial charge in [-0.3, -0.25) is 19.1 Å². The van der Waals surface area contributed by atoms with Gasteiger partial charge >= 0.3 is 5.76 Å². The first-order valence-corrected chi connectivity index (χ1v) is 23.4. The number of benzene rings is 3. The van der Waals surface area contributed by atoms with Crippen molar-refractivity contribution in [2.45, 2.75) is 100 Å². The maximum Gasteiger partial charge on any atom is 0.438 e. The molecule has 328 valence electrons. The van der Waals surface area contributed by atoms with Gasteiger partial charge in [-0.2, -0.15) is 0 Å². The highest BCUT2D eigenvalue weighted by molar-refractivity contribution is 7.92. The molecule has 3 atom stereocenters. The molecule has 1 saturated heterocycles. The Morgan fingerprint density at radius 2 is 1.70 bits per heavy atom. The zero-order valence-corrected chi connectivity index (χ0v) is 36.6. The van der Waals surface area contributed by atoms with E-state index in [0.717, 1.165) is 29.3 Å². The van der Waals surface area contributed by atoms with E-state index in [9.17, 15) is 22.4 Å². The number of rotatable bonds is 11. The number of ether oxygens (including phenoxy) is 1. The van der Waals surface area contributed by atoms with Crippen LogP contribution in [0.1, 0.15) is 108 Å². The minimum absolute atomic E-state index is 0.0243. The van der Waals surface area contributed by atoms with E-state index in [0.29, 0.717) is 95.8 Å². The number of halogens is 1. The molecule has 4 aliphatic rings. The molecule has 1 amide bonds. The zero-order chi connectivity index (χ0) is 43.9. The lowest BCUT2D eigenvalue weighted by molar-refractivity contribution is 0.0658. The second kappa shape index (κ2) is 15.4. The van der Waals surface area contributed by atoms with Crippen LogP contribution in [0.3, 0.4) is 0 Å². The van der Waals surface area contributed by atoms with Crippen molar-refractivity contribution in [3.8, 4) is 5.69 Å². The second-order valence-corrected chi connectivity index (χ2v) is 20.1. The zero-order valence-electron chi connectivity index (χ0n) is 35.7. The van der Waals surface area contributed by atoms with Gasteiger partial charge in [0.25, 0.3) is 11.5 Å². The molecule has 3 aromatic carbocycles. The van der Waals surface area contributed by atoms with Gasteiger partial charge in [0.05, 0.1) is 27.6 Å². The molecule has 0 bridgehead atoms. The average molecular weight is 876 g/mol. The highest BCUT2D eigenvalue weighted by Gasteiger charge is 2.59. The van der Waals surface area contributed by atoms with Crippen molar-refractivity contribution < 1.29 is 26.9 Å². The van der Waals surface area contributed by atoms with Gasteiger partial charge in [0.2, 0.25) is 5.95 Å². The van der Waals surface area contributed by atoms with E-state index in [-0.39, 0.29) is 47.4 Å². The van der Waals surface area contributed by atoms with E-state index in [1.807, 2.05) is 17.6 Å². The summed E-state index contributed by atoms with van der Waals surface area (Å²) in [7, 11) is -3.32. The van der Waals surface area contributed by atoms with Crippen molar-refractivity contribution in [2.24, 2.45) is 5.92 Å². The number of H-pyrrole nitrogens is 1. The molecule has 3 fully saturated rings. The molecular formula is C47H50FN7O7S. The van der Waals surface area contributed by atoms with Crippen molar-refractivity contribution in [1.82, 2.24) is 29.2 Å². The summed E-state index contributed by atoms with van der Waals surface area (Å²) in [5.41, 5.74) is 4.39. The van der Waals surface area contributed by atoms with Gasteiger partial charge in [0, 0.05) is 42.8 Å². The first-order chi connectivity index (χ1) is 30.3. The van der Waals surface area contributed by atoms with E-state index >= 15 is 4.79 Å². The van der Waals surface area contributed by atoms with E-state index in [1.54, 1.807) is 55.1 Å². The van der Waals surface area contributed by atoms with Crippen LogP contribution in [0.5, 0.6) is 0 Å². The molecule has 10 rings (SSSR count). The van der Waals surface area contributed by atoms with Crippen LogP contribution >= 0.6 is 0 Å². The lowest BCUT2D eigenvalue weighted by Gasteiger charge is -2.35. The Balaban J connectivity index is 1.02. The summed E-state index contributed by atoms with van der Waals surface area (Å²) in [6.07, 6.45) is 4.56. The summed E-state index contributed by atoms with van der Waals surface area (Å²) in [4.78, 5) is 52.2. The average Bonchev–Trinajstić information content (AvgIpc) is 4.17. The minimum atomic E-state index is -3.32. The summed E-state index contributed by atoms with van der Waals surface area (Å²) in [6, 6.07) is 17.8. The van der Waals surface area contributed by atoms with E-state index in [4.69, 9.17) is 14.2 Å². The lowest BCUT2D eigenvalue weighted by atomic mass is 9.91. The van der Waals surface area contributed by atoms with Crippen LogP contribution in [0.2, 0.25) is 0 Å². The van der Waals surface area contributed by atoms with Gasteiger partial charge in [-0.1, -0.05) is 30.3 Å². The molecule has 6 aromatic rings. The SMILES string of the molecule is Cc1cc(-n2c(NCCc3ccc(S(=O)(=O)C4CC4)cc3)nc3c(c2=O)CCN(C(=O)c2cc4cc(C5CCOCC5)ccc4n2[C@@]2(c4noc(=O)[nH]4)C[C@@H]2C)[C@H]3C)cc(C)c1F. The number of carbonyl (C=O) groups excluding carboxylic acids is 1. The number of aromatic amines is 1. The van der Waals surface area contributed by atoms with Crippen molar-refractivity contribution in [3.05, 3.63) is 132 Å². The molecular weight excluding hydrogens is 826 g/mol. The number of aromatic nitrogens is 5.